The molecule has 0 radical (unpaired) electrons. The monoisotopic (exact) mass is 1020 g/mol. The lowest BCUT2D eigenvalue weighted by Crippen LogP contribution is -2.37. The number of fused-ring (bicyclic) bond motifs is 2. The maximum atomic E-state index is 14.5. The van der Waals surface area contributed by atoms with E-state index in [0.29, 0.717) is 81.6 Å². The standard InChI is InChI=1S/C54H64F3N9O6.C2H6/c1-58-51(68)14-12-46(35-67)64-33-43-30-44(11-13-48(43)52(64)69)63-23-16-40(17-24-63)27-39-7-9-41(10-8-39)36-71-25-26-72-47-18-21-62(22-19-47)31-42-29-49(54(55,56)57)50-34-65(53(70)66(50)32-42)45-6-4-5-38(28-45)15-20-61(3)37-60-59-2;1-2/h4-11,13,28-30,32,34-35,37,40,46-47H,2,12,14-27,31,33,36H2,1,3H3,(H,58,68);1-2H3/b60-37-;. The topological polar surface area (TPSA) is 146 Å². The maximum Gasteiger partial charge on any atom is 0.418 e. The lowest BCUT2D eigenvalue weighted by Gasteiger charge is -2.34. The normalized spacial score (nSPS) is 16.1. The summed E-state index contributed by atoms with van der Waals surface area (Å²) in [5.74, 6) is 0.237. The van der Waals surface area contributed by atoms with Crippen molar-refractivity contribution in [3.63, 3.8) is 0 Å². The number of pyridine rings is 1. The van der Waals surface area contributed by atoms with Crippen LogP contribution in [0, 0.1) is 5.92 Å². The third-order valence-corrected chi connectivity index (χ3v) is 14.1. The molecule has 2 saturated heterocycles. The first kappa shape index (κ1) is 55.1. The Morgan fingerprint density at radius 3 is 2.35 bits per heavy atom. The molecule has 3 aliphatic rings. The maximum absolute atomic E-state index is 14.5. The molecule has 5 aromatic rings. The van der Waals surface area contributed by atoms with Crippen molar-refractivity contribution in [2.24, 2.45) is 16.1 Å². The summed E-state index contributed by atoms with van der Waals surface area (Å²) in [6, 6.07) is 22.3. The highest BCUT2D eigenvalue weighted by atomic mass is 19.4. The van der Waals surface area contributed by atoms with Crippen molar-refractivity contribution in [3.05, 3.63) is 135 Å². The molecule has 18 heteroatoms. The van der Waals surface area contributed by atoms with Crippen molar-refractivity contribution >= 4 is 42.4 Å². The second-order valence-electron chi connectivity index (χ2n) is 19.1. The molecule has 0 spiro atoms. The van der Waals surface area contributed by atoms with Gasteiger partial charge in [-0.15, -0.1) is 5.10 Å². The SMILES string of the molecule is C=N/N=C\N(C)CCc1cccc(-n2cc3c(C(F)(F)F)cc(CN4CCC(OCCOCc5ccc(CC6CCN(c7ccc8c(c7)CN(C(C=O)CCC(=O)NC)C8=O)CC6)cc5)CC4)cn3c2=O)c1.CC. The van der Waals surface area contributed by atoms with E-state index in [1.165, 1.54) is 22.5 Å². The highest BCUT2D eigenvalue weighted by molar-refractivity contribution is 6.00. The third-order valence-electron chi connectivity index (χ3n) is 14.1. The van der Waals surface area contributed by atoms with Crippen LogP contribution in [-0.4, -0.2) is 127 Å². The van der Waals surface area contributed by atoms with E-state index in [1.807, 2.05) is 50.1 Å². The number of nitrogens with one attached hydrogen (secondary N) is 1. The van der Waals surface area contributed by atoms with Gasteiger partial charge in [0, 0.05) is 96.7 Å². The Kier molecular flexibility index (Phi) is 19.4. The minimum atomic E-state index is -4.66. The smallest absolute Gasteiger partial charge is 0.376 e. The predicted molar refractivity (Wildman–Crippen MR) is 282 cm³/mol. The van der Waals surface area contributed by atoms with Crippen LogP contribution in [0.4, 0.5) is 18.9 Å². The summed E-state index contributed by atoms with van der Waals surface area (Å²) < 4.78 is 58.0. The Balaban J connectivity index is 0.00000395. The van der Waals surface area contributed by atoms with Crippen LogP contribution in [0.25, 0.3) is 11.2 Å². The van der Waals surface area contributed by atoms with Crippen LogP contribution in [0.2, 0.25) is 0 Å². The van der Waals surface area contributed by atoms with Gasteiger partial charge in [0.05, 0.1) is 48.7 Å². The summed E-state index contributed by atoms with van der Waals surface area (Å²) in [6.07, 6.45) is 6.15. The number of carbonyl (C=O) groups excluding carboxylic acids is 3. The molecule has 3 aliphatic heterocycles. The van der Waals surface area contributed by atoms with Crippen molar-refractivity contribution in [2.75, 3.05) is 64.9 Å². The number of hydrogen-bond acceptors (Lipinski definition) is 10. The Morgan fingerprint density at radius 1 is 0.905 bits per heavy atom. The molecule has 0 saturated carbocycles. The number of imidazole rings is 1. The predicted octanol–water partition coefficient (Wildman–Crippen LogP) is 7.96. The van der Waals surface area contributed by atoms with E-state index in [1.54, 1.807) is 30.4 Å². The van der Waals surface area contributed by atoms with Gasteiger partial charge in [0.2, 0.25) is 5.91 Å². The van der Waals surface area contributed by atoms with Gasteiger partial charge in [-0.05, 0) is 115 Å². The van der Waals surface area contributed by atoms with Crippen LogP contribution in [0.1, 0.15) is 96.1 Å². The minimum Gasteiger partial charge on any atom is -0.376 e. The van der Waals surface area contributed by atoms with Gasteiger partial charge in [-0.25, -0.2) is 4.79 Å². The average molecular weight is 1020 g/mol. The van der Waals surface area contributed by atoms with Crippen molar-refractivity contribution in [1.82, 2.24) is 29.0 Å². The van der Waals surface area contributed by atoms with Gasteiger partial charge in [0.1, 0.15) is 12.6 Å². The van der Waals surface area contributed by atoms with Gasteiger partial charge >= 0.3 is 11.9 Å². The number of rotatable bonds is 22. The molecular weight excluding hydrogens is 952 g/mol. The summed E-state index contributed by atoms with van der Waals surface area (Å²) in [6.45, 7) is 13.1. The number of likely N-dealkylation sites (tertiary alicyclic amines) is 1. The van der Waals surface area contributed by atoms with Gasteiger partial charge in [-0.1, -0.05) is 50.2 Å². The number of aromatic nitrogens is 2. The number of alkyl halides is 3. The van der Waals surface area contributed by atoms with Gasteiger partial charge in [-0.3, -0.25) is 23.5 Å². The average Bonchev–Trinajstić information content (AvgIpc) is 3.93. The summed E-state index contributed by atoms with van der Waals surface area (Å²) in [5.41, 5.74) is 5.20. The van der Waals surface area contributed by atoms with E-state index >= 15 is 0 Å². The number of piperidine rings is 2. The fraction of sp³-hybridized carbons (Fsp3) is 0.464. The first-order chi connectivity index (χ1) is 35.8. The van der Waals surface area contributed by atoms with Crippen molar-refractivity contribution in [3.8, 4) is 5.69 Å². The molecular formula is C56H70F3N9O6. The Labute approximate surface area is 431 Å². The van der Waals surface area contributed by atoms with Crippen LogP contribution >= 0.6 is 0 Å². The van der Waals surface area contributed by atoms with Crippen LogP contribution < -0.4 is 15.9 Å². The summed E-state index contributed by atoms with van der Waals surface area (Å²) in [5, 5.41) is 9.80. The fourth-order valence-corrected chi connectivity index (χ4v) is 10.0. The van der Waals surface area contributed by atoms with E-state index in [-0.39, 0.29) is 36.4 Å². The van der Waals surface area contributed by atoms with Crippen molar-refractivity contribution in [2.45, 2.75) is 103 Å². The number of amides is 2. The van der Waals surface area contributed by atoms with Crippen molar-refractivity contribution in [1.29, 1.82) is 0 Å². The Bertz CT molecular complexity index is 2780. The molecule has 2 aromatic heterocycles. The quantitative estimate of drug-likeness (QED) is 0.0240. The number of carbonyl (C=O) groups is 3. The van der Waals surface area contributed by atoms with Gasteiger partial charge < -0.3 is 34.3 Å². The lowest BCUT2D eigenvalue weighted by molar-refractivity contribution is -0.136. The summed E-state index contributed by atoms with van der Waals surface area (Å²) in [7, 11) is 3.40. The molecule has 0 aliphatic carbocycles. The number of aldehydes is 1. The van der Waals surface area contributed by atoms with Crippen LogP contribution in [0.5, 0.6) is 0 Å². The number of benzene rings is 3. The number of halogens is 3. The highest BCUT2D eigenvalue weighted by Gasteiger charge is 2.36. The summed E-state index contributed by atoms with van der Waals surface area (Å²) >= 11 is 0. The van der Waals surface area contributed by atoms with E-state index in [9.17, 15) is 32.3 Å². The lowest BCUT2D eigenvalue weighted by atomic mass is 9.89. The van der Waals surface area contributed by atoms with Crippen molar-refractivity contribution < 1.29 is 37.0 Å². The Hall–Kier alpha value is -6.63. The van der Waals surface area contributed by atoms with E-state index < -0.39 is 23.5 Å². The zero-order chi connectivity index (χ0) is 52.8. The van der Waals surface area contributed by atoms with E-state index in [0.717, 1.165) is 84.3 Å². The molecule has 3 aromatic carbocycles. The third kappa shape index (κ3) is 14.1. The minimum absolute atomic E-state index is 0.0229. The van der Waals surface area contributed by atoms with Gasteiger partial charge in [-0.2, -0.15) is 18.3 Å². The largest absolute Gasteiger partial charge is 0.418 e. The number of hydrogen-bond donors (Lipinski definition) is 1. The molecule has 0 bridgehead atoms. The molecule has 5 heterocycles. The first-order valence-electron chi connectivity index (χ1n) is 25.8. The molecule has 74 heavy (non-hydrogen) atoms. The second-order valence-corrected chi connectivity index (χ2v) is 19.1. The van der Waals surface area contributed by atoms with E-state index in [4.69, 9.17) is 9.47 Å². The molecule has 8 rings (SSSR count). The first-order valence-corrected chi connectivity index (χ1v) is 25.8. The van der Waals surface area contributed by atoms with Crippen LogP contribution in [-0.2, 0) is 57.8 Å². The van der Waals surface area contributed by atoms with Crippen LogP contribution in [0.3, 0.4) is 0 Å². The van der Waals surface area contributed by atoms with E-state index in [2.05, 4.69) is 62.4 Å². The molecule has 2 amide bonds. The summed E-state index contributed by atoms with van der Waals surface area (Å²) in [4.78, 5) is 58.3. The molecule has 1 N–H and O–H groups in total. The van der Waals surface area contributed by atoms with Gasteiger partial charge in [0.15, 0.2) is 0 Å². The van der Waals surface area contributed by atoms with Gasteiger partial charge in [0.25, 0.3) is 5.91 Å². The zero-order valence-corrected chi connectivity index (χ0v) is 43.1. The molecule has 1 atom stereocenters. The molecule has 2 fully saturated rings. The highest BCUT2D eigenvalue weighted by Crippen LogP contribution is 2.35. The molecule has 1 unspecified atom stereocenters. The number of ether oxygens (including phenoxy) is 2. The zero-order valence-electron chi connectivity index (χ0n) is 43.1. The number of anilines is 1. The number of likely N-dealkylation sites (N-methyl/N-ethyl adjacent to an activating group) is 1. The Morgan fingerprint density at radius 2 is 1.65 bits per heavy atom. The fourth-order valence-electron chi connectivity index (χ4n) is 10.0. The second kappa shape index (κ2) is 26.0. The molecule has 396 valence electrons. The molecule has 15 nitrogen and oxygen atoms in total. The van der Waals surface area contributed by atoms with Crippen LogP contribution in [0.15, 0.2) is 100 Å². The number of nitrogens with zero attached hydrogens (tertiary/aromatic N) is 8.